The zero-order valence-corrected chi connectivity index (χ0v) is 11.7. The zero-order valence-electron chi connectivity index (χ0n) is 10.9. The molecule has 0 saturated carbocycles. The molecule has 2 rings (SSSR count). The monoisotopic (exact) mass is 270 g/mol. The van der Waals surface area contributed by atoms with Crippen LogP contribution in [0.1, 0.15) is 12.0 Å². The van der Waals surface area contributed by atoms with E-state index in [4.69, 9.17) is 11.6 Å². The van der Waals surface area contributed by atoms with Crippen LogP contribution in [0.25, 0.3) is 0 Å². The number of nitrogens with zero attached hydrogens (tertiary/aromatic N) is 2. The quantitative estimate of drug-likeness (QED) is 0.833. The van der Waals surface area contributed by atoms with E-state index in [-0.39, 0.29) is 6.04 Å². The molecule has 1 aliphatic rings. The summed E-state index contributed by atoms with van der Waals surface area (Å²) in [4.78, 5) is 4.16. The first-order valence-electron chi connectivity index (χ1n) is 6.33. The van der Waals surface area contributed by atoms with Gasteiger partial charge >= 0.3 is 0 Å². The molecule has 0 N–H and O–H groups in total. The van der Waals surface area contributed by atoms with Crippen LogP contribution >= 0.6 is 11.6 Å². The Hall–Kier alpha value is -0.640. The average molecular weight is 271 g/mol. The number of alkyl halides is 1. The van der Waals surface area contributed by atoms with Crippen LogP contribution in [0, 0.1) is 0 Å². The molecule has 1 heterocycles. The van der Waals surface area contributed by atoms with Gasteiger partial charge in [-0.15, -0.1) is 0 Å². The van der Waals surface area contributed by atoms with Crippen molar-refractivity contribution in [3.63, 3.8) is 0 Å². The Labute approximate surface area is 113 Å². The predicted molar refractivity (Wildman–Crippen MR) is 73.7 cm³/mol. The highest BCUT2D eigenvalue weighted by atomic mass is 35.5. The second kappa shape index (κ2) is 6.00. The van der Waals surface area contributed by atoms with Crippen molar-refractivity contribution in [3.8, 4) is 0 Å². The molecule has 100 valence electrons. The van der Waals surface area contributed by atoms with Gasteiger partial charge in [-0.2, -0.15) is 0 Å². The molecular formula is C14H20ClFN2. The summed E-state index contributed by atoms with van der Waals surface area (Å²) in [6.07, 6.45) is 0.128. The fourth-order valence-corrected chi connectivity index (χ4v) is 2.65. The Kier molecular flexibility index (Phi) is 4.60. The Bertz CT molecular complexity index is 380. The summed E-state index contributed by atoms with van der Waals surface area (Å²) in [6, 6.07) is 7.85. The minimum atomic E-state index is -0.763. The van der Waals surface area contributed by atoms with Gasteiger partial charge in [0.25, 0.3) is 0 Å². The average Bonchev–Trinajstić information content (AvgIpc) is 2.32. The summed E-state index contributed by atoms with van der Waals surface area (Å²) < 4.78 is 14.0. The van der Waals surface area contributed by atoms with Crippen LogP contribution in [0.3, 0.4) is 0 Å². The van der Waals surface area contributed by atoms with Gasteiger partial charge in [-0.1, -0.05) is 23.7 Å². The van der Waals surface area contributed by atoms with Gasteiger partial charge < -0.3 is 4.90 Å². The van der Waals surface area contributed by atoms with E-state index in [0.29, 0.717) is 6.54 Å². The molecule has 2 atom stereocenters. The summed E-state index contributed by atoms with van der Waals surface area (Å²) >= 11 is 5.85. The summed E-state index contributed by atoms with van der Waals surface area (Å²) in [5.41, 5.74) is 1.19. The van der Waals surface area contributed by atoms with E-state index in [1.54, 1.807) is 0 Å². The smallest absolute Gasteiger partial charge is 0.128 e. The maximum atomic E-state index is 14.0. The first-order valence-corrected chi connectivity index (χ1v) is 6.71. The predicted octanol–water partition coefficient (Wildman–Crippen LogP) is 2.81. The minimum Gasteiger partial charge on any atom is -0.303 e. The third-order valence-electron chi connectivity index (χ3n) is 3.57. The number of rotatable bonds is 3. The van der Waals surface area contributed by atoms with Crippen molar-refractivity contribution >= 4 is 11.6 Å². The molecule has 1 aromatic rings. The van der Waals surface area contributed by atoms with Crippen molar-refractivity contribution in [2.45, 2.75) is 25.2 Å². The van der Waals surface area contributed by atoms with Crippen LogP contribution in [0.5, 0.6) is 0 Å². The Balaban J connectivity index is 1.91. The van der Waals surface area contributed by atoms with Crippen LogP contribution in [0.2, 0.25) is 5.02 Å². The first kappa shape index (κ1) is 13.8. The fourth-order valence-electron chi connectivity index (χ4n) is 2.53. The van der Waals surface area contributed by atoms with Crippen molar-refractivity contribution in [2.75, 3.05) is 27.2 Å². The molecule has 1 aliphatic heterocycles. The van der Waals surface area contributed by atoms with Gasteiger partial charge in [0.05, 0.1) is 0 Å². The number of halogens is 2. The molecule has 1 aromatic carbocycles. The molecule has 0 spiro atoms. The lowest BCUT2D eigenvalue weighted by molar-refractivity contribution is 0.0545. The number of hydrogen-bond donors (Lipinski definition) is 0. The normalized spacial score (nSPS) is 25.6. The van der Waals surface area contributed by atoms with E-state index in [2.05, 4.69) is 4.90 Å². The van der Waals surface area contributed by atoms with Crippen LogP contribution in [-0.2, 0) is 6.54 Å². The molecule has 0 radical (unpaired) electrons. The van der Waals surface area contributed by atoms with E-state index >= 15 is 0 Å². The molecule has 0 aliphatic carbocycles. The topological polar surface area (TPSA) is 6.48 Å². The molecule has 2 unspecified atom stereocenters. The number of likely N-dealkylation sites (tertiary alicyclic amines) is 1. The van der Waals surface area contributed by atoms with E-state index in [9.17, 15) is 4.39 Å². The zero-order chi connectivity index (χ0) is 13.1. The number of benzene rings is 1. The van der Waals surface area contributed by atoms with E-state index in [0.717, 1.165) is 24.5 Å². The van der Waals surface area contributed by atoms with Crippen molar-refractivity contribution in [1.82, 2.24) is 9.80 Å². The van der Waals surface area contributed by atoms with Crippen LogP contribution < -0.4 is 0 Å². The lowest BCUT2D eigenvalue weighted by atomic mass is 10.0. The van der Waals surface area contributed by atoms with E-state index in [1.165, 1.54) is 5.56 Å². The molecule has 1 saturated heterocycles. The molecular weight excluding hydrogens is 251 g/mol. The van der Waals surface area contributed by atoms with E-state index in [1.807, 2.05) is 43.3 Å². The molecule has 0 aromatic heterocycles. The van der Waals surface area contributed by atoms with Crippen molar-refractivity contribution in [2.24, 2.45) is 0 Å². The van der Waals surface area contributed by atoms with Crippen molar-refractivity contribution in [3.05, 3.63) is 34.9 Å². The largest absolute Gasteiger partial charge is 0.303 e. The molecule has 18 heavy (non-hydrogen) atoms. The lowest BCUT2D eigenvalue weighted by Gasteiger charge is -2.37. The Morgan fingerprint density at radius 1 is 1.33 bits per heavy atom. The molecule has 0 bridgehead atoms. The van der Waals surface area contributed by atoms with E-state index < -0.39 is 6.17 Å². The number of hydrogen-bond acceptors (Lipinski definition) is 2. The molecule has 1 fully saturated rings. The third-order valence-corrected chi connectivity index (χ3v) is 3.83. The summed E-state index contributed by atoms with van der Waals surface area (Å²) in [5, 5.41) is 0.744. The van der Waals surface area contributed by atoms with Crippen LogP contribution in [0.4, 0.5) is 4.39 Å². The SMILES string of the molecule is CN(C)C1CCN(Cc2ccc(Cl)cc2)CC1F. The van der Waals surface area contributed by atoms with Crippen LogP contribution in [0.15, 0.2) is 24.3 Å². The van der Waals surface area contributed by atoms with Gasteiger partial charge in [0, 0.05) is 30.7 Å². The van der Waals surface area contributed by atoms with Gasteiger partial charge in [-0.25, -0.2) is 4.39 Å². The molecule has 2 nitrogen and oxygen atoms in total. The minimum absolute atomic E-state index is 0.0615. The van der Waals surface area contributed by atoms with Gasteiger partial charge in [0.1, 0.15) is 6.17 Å². The highest BCUT2D eigenvalue weighted by Crippen LogP contribution is 2.20. The first-order chi connectivity index (χ1) is 8.56. The van der Waals surface area contributed by atoms with Gasteiger partial charge in [-0.05, 0) is 38.2 Å². The Morgan fingerprint density at radius 2 is 2.00 bits per heavy atom. The van der Waals surface area contributed by atoms with Gasteiger partial charge in [-0.3, -0.25) is 4.90 Å². The Morgan fingerprint density at radius 3 is 2.56 bits per heavy atom. The molecule has 4 heteroatoms. The fraction of sp³-hybridized carbons (Fsp3) is 0.571. The summed E-state index contributed by atoms with van der Waals surface area (Å²) in [7, 11) is 3.90. The van der Waals surface area contributed by atoms with Crippen molar-refractivity contribution in [1.29, 1.82) is 0 Å². The van der Waals surface area contributed by atoms with Crippen molar-refractivity contribution < 1.29 is 4.39 Å². The highest BCUT2D eigenvalue weighted by Gasteiger charge is 2.30. The third kappa shape index (κ3) is 3.44. The maximum Gasteiger partial charge on any atom is 0.128 e. The van der Waals surface area contributed by atoms with Gasteiger partial charge in [0.2, 0.25) is 0 Å². The second-order valence-electron chi connectivity index (χ2n) is 5.20. The number of piperidine rings is 1. The lowest BCUT2D eigenvalue weighted by Crippen LogP contribution is -2.49. The van der Waals surface area contributed by atoms with Crippen LogP contribution in [-0.4, -0.2) is 49.2 Å². The van der Waals surface area contributed by atoms with Gasteiger partial charge in [0.15, 0.2) is 0 Å². The summed E-state index contributed by atoms with van der Waals surface area (Å²) in [6.45, 7) is 2.27. The summed E-state index contributed by atoms with van der Waals surface area (Å²) in [5.74, 6) is 0. The standard InChI is InChI=1S/C14H20ClFN2/c1-17(2)14-7-8-18(10-13(14)16)9-11-3-5-12(15)6-4-11/h3-6,13-14H,7-10H2,1-2H3. The second-order valence-corrected chi connectivity index (χ2v) is 5.63. The molecule has 0 amide bonds. The maximum absolute atomic E-state index is 14.0. The highest BCUT2D eigenvalue weighted by molar-refractivity contribution is 6.30.